The monoisotopic (exact) mass is 326 g/mol. The summed E-state index contributed by atoms with van der Waals surface area (Å²) in [6.45, 7) is 13.8. The molecule has 0 radical (unpaired) electrons. The van der Waals surface area contributed by atoms with Gasteiger partial charge in [-0.25, -0.2) is 0 Å². The van der Waals surface area contributed by atoms with Gasteiger partial charge in [0.2, 0.25) is 0 Å². The molecule has 2 aliphatic rings. The van der Waals surface area contributed by atoms with Gasteiger partial charge in [-0.3, -0.25) is 9.98 Å². The normalized spacial score (nSPS) is 34.8. The van der Waals surface area contributed by atoms with Crippen LogP contribution in [0, 0.1) is 0 Å². The van der Waals surface area contributed by atoms with E-state index in [1.54, 1.807) is 0 Å². The van der Waals surface area contributed by atoms with Crippen molar-refractivity contribution >= 4 is 0 Å². The average molecular weight is 327 g/mol. The molecule has 1 aromatic rings. The van der Waals surface area contributed by atoms with Crippen LogP contribution in [0.3, 0.4) is 0 Å². The van der Waals surface area contributed by atoms with E-state index < -0.39 is 0 Å². The summed E-state index contributed by atoms with van der Waals surface area (Å²) >= 11 is 0. The molecular weight excluding hydrogens is 292 g/mol. The zero-order valence-electron chi connectivity index (χ0n) is 16.4. The first kappa shape index (κ1) is 17.6. The second-order valence-electron chi connectivity index (χ2n) is 8.51. The molecule has 1 aromatic carbocycles. The lowest BCUT2D eigenvalue weighted by molar-refractivity contribution is 0.340. The molecule has 132 valence electrons. The molecule has 0 aliphatic carbocycles. The van der Waals surface area contributed by atoms with Crippen molar-refractivity contribution in [3.05, 3.63) is 34.0 Å². The molecule has 2 heterocycles. The van der Waals surface area contributed by atoms with Gasteiger partial charge in [0.05, 0.1) is 21.8 Å². The molecule has 0 fully saturated rings. The minimum Gasteiger partial charge on any atom is -0.279 e. The van der Waals surface area contributed by atoms with E-state index in [1.165, 1.54) is 47.5 Å². The van der Waals surface area contributed by atoms with Crippen molar-refractivity contribution in [2.45, 2.75) is 103 Å². The third kappa shape index (κ3) is 2.93. The molecule has 0 saturated carbocycles. The van der Waals surface area contributed by atoms with Crippen LogP contribution in [0.4, 0.5) is 0 Å². The summed E-state index contributed by atoms with van der Waals surface area (Å²) in [5, 5.41) is 2.51. The largest absolute Gasteiger partial charge is 0.279 e. The van der Waals surface area contributed by atoms with E-state index in [0.717, 1.165) is 12.8 Å². The van der Waals surface area contributed by atoms with Crippen LogP contribution in [0.15, 0.2) is 22.1 Å². The lowest BCUT2D eigenvalue weighted by Gasteiger charge is -2.36. The standard InChI is InChI=1S/C22H34N2/c1-7-15-13-21(5,9-3)23-19-12-18-16(8-2)14-22(6,10-4)24-20(18)11-17(15)19/h11-12,15-16H,7-10,13-14H2,1-6H3. The maximum atomic E-state index is 5.19. The third-order valence-corrected chi connectivity index (χ3v) is 6.72. The Balaban J connectivity index is 2.26. The minimum atomic E-state index is 0.105. The van der Waals surface area contributed by atoms with E-state index in [-0.39, 0.29) is 11.1 Å². The number of rotatable bonds is 4. The molecule has 24 heavy (non-hydrogen) atoms. The highest BCUT2D eigenvalue weighted by Gasteiger charge is 2.34. The highest BCUT2D eigenvalue weighted by Crippen LogP contribution is 2.37. The predicted octanol–water partition coefficient (Wildman–Crippen LogP) is 5.06. The number of benzene rings is 1. The van der Waals surface area contributed by atoms with Gasteiger partial charge in [0.15, 0.2) is 0 Å². The van der Waals surface area contributed by atoms with Gasteiger partial charge in [0.25, 0.3) is 0 Å². The van der Waals surface area contributed by atoms with Crippen molar-refractivity contribution in [1.29, 1.82) is 0 Å². The van der Waals surface area contributed by atoms with Gasteiger partial charge in [-0.1, -0.05) is 27.7 Å². The Bertz CT molecular complexity index is 671. The molecule has 4 unspecified atom stereocenters. The summed E-state index contributed by atoms with van der Waals surface area (Å²) in [7, 11) is 0. The van der Waals surface area contributed by atoms with Gasteiger partial charge in [0.1, 0.15) is 0 Å². The van der Waals surface area contributed by atoms with E-state index >= 15 is 0 Å². The zero-order chi connectivity index (χ0) is 17.5. The van der Waals surface area contributed by atoms with Gasteiger partial charge in [0, 0.05) is 0 Å². The molecule has 2 heteroatoms. The molecule has 0 spiro atoms. The van der Waals surface area contributed by atoms with E-state index in [2.05, 4.69) is 53.7 Å². The van der Waals surface area contributed by atoms with Crippen LogP contribution in [0.1, 0.15) is 103 Å². The van der Waals surface area contributed by atoms with Crippen molar-refractivity contribution in [2.24, 2.45) is 9.98 Å². The Morgan fingerprint density at radius 2 is 1.17 bits per heavy atom. The molecule has 2 nitrogen and oxygen atoms in total. The molecule has 2 aliphatic heterocycles. The molecule has 0 aromatic heterocycles. The van der Waals surface area contributed by atoms with Crippen molar-refractivity contribution in [3.8, 4) is 0 Å². The van der Waals surface area contributed by atoms with Crippen molar-refractivity contribution in [3.63, 3.8) is 0 Å². The van der Waals surface area contributed by atoms with Gasteiger partial charge in [-0.15, -0.1) is 0 Å². The molecule has 0 saturated heterocycles. The summed E-state index contributed by atoms with van der Waals surface area (Å²) < 4.78 is 0. The number of hydrogen-bond acceptors (Lipinski definition) is 2. The first-order valence-electron chi connectivity index (χ1n) is 10.0. The van der Waals surface area contributed by atoms with E-state index in [0.29, 0.717) is 11.8 Å². The van der Waals surface area contributed by atoms with Crippen LogP contribution < -0.4 is 10.7 Å². The summed E-state index contributed by atoms with van der Waals surface area (Å²) in [5.41, 5.74) is 3.10. The summed E-state index contributed by atoms with van der Waals surface area (Å²) in [5.74, 6) is 1.25. The fourth-order valence-electron chi connectivity index (χ4n) is 4.59. The molecular formula is C22H34N2. The Labute approximate surface area is 147 Å². The van der Waals surface area contributed by atoms with Crippen LogP contribution in [-0.4, -0.2) is 11.1 Å². The first-order valence-corrected chi connectivity index (χ1v) is 10.0. The number of hydrogen-bond donors (Lipinski definition) is 0. The summed E-state index contributed by atoms with van der Waals surface area (Å²) in [6, 6.07) is 4.79. The van der Waals surface area contributed by atoms with Crippen LogP contribution >= 0.6 is 0 Å². The highest BCUT2D eigenvalue weighted by atomic mass is 14.9. The Kier molecular flexibility index (Phi) is 4.61. The van der Waals surface area contributed by atoms with Gasteiger partial charge in [-0.05, 0) is 87.5 Å². The second-order valence-corrected chi connectivity index (χ2v) is 8.51. The highest BCUT2D eigenvalue weighted by molar-refractivity contribution is 5.31. The lowest BCUT2D eigenvalue weighted by Crippen LogP contribution is -2.40. The number of fused-ring (bicyclic) bond motifs is 2. The van der Waals surface area contributed by atoms with Gasteiger partial charge >= 0.3 is 0 Å². The van der Waals surface area contributed by atoms with Crippen molar-refractivity contribution < 1.29 is 0 Å². The van der Waals surface area contributed by atoms with Crippen LogP contribution in [0.2, 0.25) is 0 Å². The first-order chi connectivity index (χ1) is 11.4. The molecule has 0 amide bonds. The Hall–Kier alpha value is -1.18. The van der Waals surface area contributed by atoms with Crippen molar-refractivity contribution in [1.82, 2.24) is 0 Å². The van der Waals surface area contributed by atoms with Crippen LogP contribution in [0.25, 0.3) is 0 Å². The Morgan fingerprint density at radius 3 is 1.46 bits per heavy atom. The lowest BCUT2D eigenvalue weighted by atomic mass is 9.76. The minimum absolute atomic E-state index is 0.105. The topological polar surface area (TPSA) is 24.7 Å². The molecule has 0 N–H and O–H groups in total. The molecule has 3 rings (SSSR count). The van der Waals surface area contributed by atoms with E-state index in [4.69, 9.17) is 9.98 Å². The smallest absolute Gasteiger partial charge is 0.0620 e. The van der Waals surface area contributed by atoms with Gasteiger partial charge < -0.3 is 0 Å². The zero-order valence-corrected chi connectivity index (χ0v) is 16.4. The number of nitrogens with zero attached hydrogens (tertiary/aromatic N) is 2. The predicted molar refractivity (Wildman–Crippen MR) is 101 cm³/mol. The van der Waals surface area contributed by atoms with Crippen LogP contribution in [0.5, 0.6) is 0 Å². The van der Waals surface area contributed by atoms with Crippen molar-refractivity contribution in [2.75, 3.05) is 0 Å². The maximum absolute atomic E-state index is 5.19. The molecule has 0 bridgehead atoms. The second kappa shape index (κ2) is 6.28. The SMILES string of the molecule is CCC1CC(C)(CC)N=c2cc3c(cc21)=NC(C)(CC)CC3CC. The quantitative estimate of drug-likeness (QED) is 0.739. The van der Waals surface area contributed by atoms with Gasteiger partial charge in [-0.2, -0.15) is 0 Å². The Morgan fingerprint density at radius 1 is 0.792 bits per heavy atom. The summed E-state index contributed by atoms with van der Waals surface area (Å²) in [4.78, 5) is 10.4. The third-order valence-electron chi connectivity index (χ3n) is 6.72. The summed E-state index contributed by atoms with van der Waals surface area (Å²) in [6.07, 6.45) is 6.98. The molecule has 4 atom stereocenters. The van der Waals surface area contributed by atoms with E-state index in [9.17, 15) is 0 Å². The fourth-order valence-corrected chi connectivity index (χ4v) is 4.59. The fraction of sp³-hybridized carbons (Fsp3) is 0.727. The maximum Gasteiger partial charge on any atom is 0.0620 e. The van der Waals surface area contributed by atoms with Crippen LogP contribution in [-0.2, 0) is 0 Å². The average Bonchev–Trinajstić information content (AvgIpc) is 2.59. The van der Waals surface area contributed by atoms with E-state index in [1.807, 2.05) is 0 Å².